The Hall–Kier alpha value is -2.30. The van der Waals surface area contributed by atoms with Crippen molar-refractivity contribution in [2.45, 2.75) is 25.7 Å². The zero-order valence-corrected chi connectivity index (χ0v) is 18.4. The summed E-state index contributed by atoms with van der Waals surface area (Å²) >= 11 is 0. The first kappa shape index (κ1) is 25.0. The molecule has 0 atom stereocenters. The van der Waals surface area contributed by atoms with Gasteiger partial charge in [0.1, 0.15) is 0 Å². The van der Waals surface area contributed by atoms with E-state index >= 15 is 0 Å². The molecular formula is C19H31N7O4S. The first-order valence-electron chi connectivity index (χ1n) is 10.4. The third kappa shape index (κ3) is 11.6. The molecule has 11 nitrogen and oxygen atoms in total. The molecule has 1 aromatic heterocycles. The van der Waals surface area contributed by atoms with Crippen molar-refractivity contribution in [3.63, 3.8) is 0 Å². The fourth-order valence-electron chi connectivity index (χ4n) is 2.86. The van der Waals surface area contributed by atoms with E-state index in [-0.39, 0.29) is 5.75 Å². The molecule has 1 saturated heterocycles. The molecule has 0 radical (unpaired) electrons. The van der Waals surface area contributed by atoms with E-state index in [0.717, 1.165) is 38.0 Å². The van der Waals surface area contributed by atoms with Gasteiger partial charge in [0.2, 0.25) is 16.0 Å². The van der Waals surface area contributed by atoms with E-state index in [1.165, 1.54) is 0 Å². The molecule has 0 amide bonds. The summed E-state index contributed by atoms with van der Waals surface area (Å²) < 4.78 is 29.2. The molecule has 0 aliphatic carbocycles. The van der Waals surface area contributed by atoms with Gasteiger partial charge in [0.25, 0.3) is 0 Å². The molecule has 31 heavy (non-hydrogen) atoms. The van der Waals surface area contributed by atoms with Crippen LogP contribution in [0.5, 0.6) is 0 Å². The standard InChI is InChI=1S/C19H31N7O4S/c20-17-23-19(24-18-5-8-21-9-6-18)22-7-3-1-2-4-16-31(27,28)25-30-15-12-26-10-13-29-14-11-26/h5-6,8-9,25H,1-4,7,10-16H2,(H2,21,22,23,24). The van der Waals surface area contributed by atoms with Crippen molar-refractivity contribution >= 4 is 21.7 Å². The average molecular weight is 454 g/mol. The highest BCUT2D eigenvalue weighted by molar-refractivity contribution is 7.89. The summed E-state index contributed by atoms with van der Waals surface area (Å²) in [5, 5.41) is 14.4. The Balaban J connectivity index is 1.53. The SMILES string of the molecule is N#CNC(=NCCCCCCS(=O)(=O)NOCCN1CCOCC1)Nc1ccncc1. The first-order valence-corrected chi connectivity index (χ1v) is 12.0. The second-order valence-corrected chi connectivity index (χ2v) is 8.75. The maximum absolute atomic E-state index is 12.0. The Bertz CT molecular complexity index is 793. The molecular weight excluding hydrogens is 422 g/mol. The van der Waals surface area contributed by atoms with E-state index in [2.05, 4.69) is 30.4 Å². The molecule has 2 rings (SSSR count). The number of anilines is 1. The minimum absolute atomic E-state index is 0.0264. The quantitative estimate of drug-likeness (QED) is 0.0981. The van der Waals surface area contributed by atoms with Crippen LogP contribution in [-0.2, 0) is 19.6 Å². The summed E-state index contributed by atoms with van der Waals surface area (Å²) in [6.07, 6.45) is 8.08. The van der Waals surface area contributed by atoms with Crippen molar-refractivity contribution in [3.05, 3.63) is 24.5 Å². The molecule has 1 aliphatic heterocycles. The Labute approximate surface area is 183 Å². The summed E-state index contributed by atoms with van der Waals surface area (Å²) in [5.74, 6) is 0.397. The Kier molecular flexibility index (Phi) is 11.8. The lowest BCUT2D eigenvalue weighted by Gasteiger charge is -2.26. The molecule has 0 saturated carbocycles. The van der Waals surface area contributed by atoms with Crippen LogP contribution in [-0.4, -0.2) is 76.0 Å². The monoisotopic (exact) mass is 453 g/mol. The van der Waals surface area contributed by atoms with Crippen molar-refractivity contribution in [3.8, 4) is 6.19 Å². The lowest BCUT2D eigenvalue weighted by Crippen LogP contribution is -2.39. The number of aliphatic imine (C=N–C) groups is 1. The Morgan fingerprint density at radius 1 is 1.23 bits per heavy atom. The van der Waals surface area contributed by atoms with Gasteiger partial charge in [-0.1, -0.05) is 17.7 Å². The normalized spacial score (nSPS) is 15.4. The summed E-state index contributed by atoms with van der Waals surface area (Å²) in [4.78, 5) is 17.7. The van der Waals surface area contributed by atoms with Crippen LogP contribution < -0.4 is 15.5 Å². The number of nitrogens with one attached hydrogen (secondary N) is 3. The third-order valence-corrected chi connectivity index (χ3v) is 5.71. The van der Waals surface area contributed by atoms with Gasteiger partial charge in [-0.25, -0.2) is 8.42 Å². The lowest BCUT2D eigenvalue weighted by atomic mass is 10.2. The minimum atomic E-state index is -3.44. The molecule has 1 fully saturated rings. The summed E-state index contributed by atoms with van der Waals surface area (Å²) in [6.45, 7) is 4.59. The molecule has 0 unspecified atom stereocenters. The number of aromatic nitrogens is 1. The number of pyridine rings is 1. The van der Waals surface area contributed by atoms with Gasteiger partial charge in [-0.3, -0.25) is 25.0 Å². The van der Waals surface area contributed by atoms with Crippen molar-refractivity contribution in [2.75, 3.05) is 57.1 Å². The van der Waals surface area contributed by atoms with Crippen LogP contribution in [0.1, 0.15) is 25.7 Å². The van der Waals surface area contributed by atoms with Crippen LogP contribution in [0.3, 0.4) is 0 Å². The molecule has 0 bridgehead atoms. The zero-order valence-electron chi connectivity index (χ0n) is 17.6. The maximum atomic E-state index is 12.0. The first-order chi connectivity index (χ1) is 15.1. The Morgan fingerprint density at radius 3 is 2.71 bits per heavy atom. The van der Waals surface area contributed by atoms with E-state index in [1.54, 1.807) is 24.5 Å². The highest BCUT2D eigenvalue weighted by Gasteiger charge is 2.12. The van der Waals surface area contributed by atoms with Crippen LogP contribution in [0.2, 0.25) is 0 Å². The van der Waals surface area contributed by atoms with Gasteiger partial charge >= 0.3 is 0 Å². The molecule has 0 aromatic carbocycles. The van der Waals surface area contributed by atoms with Crippen LogP contribution in [0.4, 0.5) is 5.69 Å². The van der Waals surface area contributed by atoms with Gasteiger partial charge < -0.3 is 10.1 Å². The van der Waals surface area contributed by atoms with E-state index < -0.39 is 10.0 Å². The fourth-order valence-corrected chi connectivity index (χ4v) is 3.79. The minimum Gasteiger partial charge on any atom is -0.379 e. The summed E-state index contributed by atoms with van der Waals surface area (Å²) in [6, 6.07) is 3.55. The highest BCUT2D eigenvalue weighted by atomic mass is 32.2. The predicted molar refractivity (Wildman–Crippen MR) is 118 cm³/mol. The fraction of sp³-hybridized carbons (Fsp3) is 0.632. The number of guanidine groups is 1. The average Bonchev–Trinajstić information content (AvgIpc) is 2.77. The van der Waals surface area contributed by atoms with E-state index in [1.807, 2.05) is 6.19 Å². The van der Waals surface area contributed by atoms with Crippen LogP contribution in [0, 0.1) is 11.5 Å². The number of hydrogen-bond donors (Lipinski definition) is 3. The topological polar surface area (TPSA) is 141 Å². The number of nitrogens with zero attached hydrogens (tertiary/aromatic N) is 4. The van der Waals surface area contributed by atoms with E-state index in [4.69, 9.17) is 14.8 Å². The molecule has 1 aromatic rings. The molecule has 1 aliphatic rings. The smallest absolute Gasteiger partial charge is 0.233 e. The molecule has 3 N–H and O–H groups in total. The summed E-state index contributed by atoms with van der Waals surface area (Å²) in [5.41, 5.74) is 0.779. The predicted octanol–water partition coefficient (Wildman–Crippen LogP) is 0.664. The highest BCUT2D eigenvalue weighted by Crippen LogP contribution is 2.05. The number of nitriles is 1. The second kappa shape index (κ2) is 14.7. The zero-order chi connectivity index (χ0) is 22.2. The lowest BCUT2D eigenvalue weighted by molar-refractivity contribution is 0.0125. The van der Waals surface area contributed by atoms with Gasteiger partial charge in [0.05, 0.1) is 25.6 Å². The third-order valence-electron chi connectivity index (χ3n) is 4.51. The number of ether oxygens (including phenoxy) is 1. The molecule has 12 heteroatoms. The van der Waals surface area contributed by atoms with Crippen molar-refractivity contribution in [1.82, 2.24) is 20.1 Å². The maximum Gasteiger partial charge on any atom is 0.233 e. The van der Waals surface area contributed by atoms with Crippen LogP contribution >= 0.6 is 0 Å². The largest absolute Gasteiger partial charge is 0.379 e. The number of sulfonamides is 1. The van der Waals surface area contributed by atoms with Crippen molar-refractivity contribution < 1.29 is 18.0 Å². The number of hydrogen-bond acceptors (Lipinski definition) is 8. The van der Waals surface area contributed by atoms with Crippen molar-refractivity contribution in [1.29, 1.82) is 5.26 Å². The van der Waals surface area contributed by atoms with E-state index in [0.29, 0.717) is 45.3 Å². The van der Waals surface area contributed by atoms with Crippen LogP contribution in [0.15, 0.2) is 29.5 Å². The van der Waals surface area contributed by atoms with E-state index in [9.17, 15) is 8.42 Å². The number of rotatable bonds is 13. The number of morpholine rings is 1. The number of unbranched alkanes of at least 4 members (excludes halogenated alkanes) is 3. The van der Waals surface area contributed by atoms with Gasteiger partial charge in [-0.15, -0.1) is 0 Å². The van der Waals surface area contributed by atoms with Gasteiger partial charge in [0.15, 0.2) is 6.19 Å². The van der Waals surface area contributed by atoms with Gasteiger partial charge in [-0.05, 0) is 25.0 Å². The summed E-state index contributed by atoms with van der Waals surface area (Å²) in [7, 11) is -3.44. The van der Waals surface area contributed by atoms with Gasteiger partial charge in [0, 0.05) is 44.3 Å². The molecule has 0 spiro atoms. The molecule has 2 heterocycles. The Morgan fingerprint density at radius 2 is 1.97 bits per heavy atom. The second-order valence-electron chi connectivity index (χ2n) is 6.95. The van der Waals surface area contributed by atoms with Gasteiger partial charge in [-0.2, -0.15) is 5.26 Å². The van der Waals surface area contributed by atoms with Crippen molar-refractivity contribution in [2.24, 2.45) is 4.99 Å². The molecule has 172 valence electrons. The van der Waals surface area contributed by atoms with Crippen LogP contribution in [0.25, 0.3) is 0 Å².